The quantitative estimate of drug-likeness (QED) is 0.615. The van der Waals surface area contributed by atoms with E-state index in [0.717, 1.165) is 5.39 Å². The van der Waals surface area contributed by atoms with Crippen molar-refractivity contribution in [2.45, 2.75) is 25.8 Å². The summed E-state index contributed by atoms with van der Waals surface area (Å²) in [5.74, 6) is -1.10. The van der Waals surface area contributed by atoms with Crippen molar-refractivity contribution in [1.82, 2.24) is 9.97 Å². The first-order chi connectivity index (χ1) is 13.8. The van der Waals surface area contributed by atoms with Crippen LogP contribution in [-0.2, 0) is 5.92 Å². The molecule has 3 rings (SSSR count). The van der Waals surface area contributed by atoms with Gasteiger partial charge in [0.15, 0.2) is 11.5 Å². The number of rotatable bonds is 7. The molecule has 0 spiro atoms. The monoisotopic (exact) mass is 403 g/mol. The van der Waals surface area contributed by atoms with E-state index in [1.54, 1.807) is 45.4 Å². The molecule has 0 fully saturated rings. The molecule has 0 radical (unpaired) electrons. The van der Waals surface area contributed by atoms with Crippen LogP contribution >= 0.6 is 0 Å². The highest BCUT2D eigenvalue weighted by molar-refractivity contribution is 5.92. The highest BCUT2D eigenvalue weighted by atomic mass is 19.3. The topological polar surface area (TPSA) is 76.5 Å². The number of methoxy groups -OCH3 is 2. The minimum atomic E-state index is -3.29. The molecule has 0 bridgehead atoms. The molecule has 1 unspecified atom stereocenters. The summed E-state index contributed by atoms with van der Waals surface area (Å²) in [6.07, 6.45) is 0. The number of fused-ring (bicyclic) bond motifs is 1. The lowest BCUT2D eigenvalue weighted by Gasteiger charge is -2.20. The maximum absolute atomic E-state index is 13.9. The molecular weight excluding hydrogens is 380 g/mol. The van der Waals surface area contributed by atoms with Gasteiger partial charge in [0.2, 0.25) is 0 Å². The predicted octanol–water partition coefficient (Wildman–Crippen LogP) is 4.21. The summed E-state index contributed by atoms with van der Waals surface area (Å²) >= 11 is 0. The highest BCUT2D eigenvalue weighted by Crippen LogP contribution is 2.35. The lowest BCUT2D eigenvalue weighted by Crippen LogP contribution is -2.19. The number of aromatic nitrogens is 2. The van der Waals surface area contributed by atoms with Crippen LogP contribution in [0, 0.1) is 6.92 Å². The number of alkyl halides is 2. The van der Waals surface area contributed by atoms with Gasteiger partial charge in [-0.15, -0.1) is 0 Å². The van der Waals surface area contributed by atoms with Crippen LogP contribution in [0.5, 0.6) is 11.5 Å². The number of nitrogens with zero attached hydrogens (tertiary/aromatic N) is 2. The van der Waals surface area contributed by atoms with Gasteiger partial charge in [0.25, 0.3) is 5.92 Å². The van der Waals surface area contributed by atoms with Crippen LogP contribution in [-0.4, -0.2) is 35.9 Å². The van der Waals surface area contributed by atoms with Gasteiger partial charge in [-0.05, 0) is 31.5 Å². The van der Waals surface area contributed by atoms with Gasteiger partial charge in [-0.3, -0.25) is 0 Å². The SMILES string of the molecule is COc1cc2nc(C)nc(NC(C)c3cccc(C(F)(F)CO)c3)c2cc1OC. The first-order valence-corrected chi connectivity index (χ1v) is 9.05. The maximum Gasteiger partial charge on any atom is 0.295 e. The molecule has 0 amide bonds. The normalized spacial score (nSPS) is 12.7. The van der Waals surface area contributed by atoms with E-state index >= 15 is 0 Å². The van der Waals surface area contributed by atoms with E-state index in [2.05, 4.69) is 15.3 Å². The Labute approximate surface area is 167 Å². The first-order valence-electron chi connectivity index (χ1n) is 9.05. The summed E-state index contributed by atoms with van der Waals surface area (Å²) in [7, 11) is 3.09. The molecule has 0 aliphatic rings. The second kappa shape index (κ2) is 8.16. The van der Waals surface area contributed by atoms with Crippen LogP contribution in [0.25, 0.3) is 10.9 Å². The van der Waals surface area contributed by atoms with E-state index in [0.29, 0.717) is 34.2 Å². The molecule has 6 nitrogen and oxygen atoms in total. The Morgan fingerprint density at radius 2 is 1.79 bits per heavy atom. The number of aryl methyl sites for hydroxylation is 1. The number of nitrogens with one attached hydrogen (secondary N) is 1. The number of halogens is 2. The maximum atomic E-state index is 13.9. The van der Waals surface area contributed by atoms with Crippen LogP contribution in [0.4, 0.5) is 14.6 Å². The Kier molecular flexibility index (Phi) is 5.83. The Hall–Kier alpha value is -3.00. The Bertz CT molecular complexity index is 1030. The molecule has 1 atom stereocenters. The van der Waals surface area contributed by atoms with Gasteiger partial charge < -0.3 is 19.9 Å². The summed E-state index contributed by atoms with van der Waals surface area (Å²) in [4.78, 5) is 8.92. The summed E-state index contributed by atoms with van der Waals surface area (Å²) in [6.45, 7) is 2.38. The van der Waals surface area contributed by atoms with E-state index in [1.807, 2.05) is 6.92 Å². The standard InChI is InChI=1S/C21H23F2N3O3/c1-12(14-6-5-7-15(8-14)21(22,23)11-27)24-20-16-9-18(28-3)19(29-4)10-17(16)25-13(2)26-20/h5-10,12,27H,11H2,1-4H3,(H,24,25,26). The van der Waals surface area contributed by atoms with E-state index in [4.69, 9.17) is 14.6 Å². The molecule has 2 N–H and O–H groups in total. The van der Waals surface area contributed by atoms with E-state index in [9.17, 15) is 8.78 Å². The van der Waals surface area contributed by atoms with Crippen molar-refractivity contribution >= 4 is 16.7 Å². The number of benzene rings is 2. The average Bonchev–Trinajstić information content (AvgIpc) is 2.72. The van der Waals surface area contributed by atoms with Crippen LogP contribution in [0.1, 0.15) is 29.9 Å². The second-order valence-electron chi connectivity index (χ2n) is 6.70. The summed E-state index contributed by atoms with van der Waals surface area (Å²) in [5.41, 5.74) is 1.08. The Morgan fingerprint density at radius 3 is 2.45 bits per heavy atom. The lowest BCUT2D eigenvalue weighted by atomic mass is 10.0. The minimum Gasteiger partial charge on any atom is -0.493 e. The average molecular weight is 403 g/mol. The van der Waals surface area contributed by atoms with Gasteiger partial charge in [0.05, 0.1) is 19.7 Å². The number of ether oxygens (including phenoxy) is 2. The third-order valence-electron chi connectivity index (χ3n) is 4.67. The van der Waals surface area contributed by atoms with Gasteiger partial charge >= 0.3 is 0 Å². The van der Waals surface area contributed by atoms with Crippen molar-refractivity contribution in [2.24, 2.45) is 0 Å². The zero-order chi connectivity index (χ0) is 21.2. The van der Waals surface area contributed by atoms with Crippen molar-refractivity contribution in [3.05, 3.63) is 53.3 Å². The van der Waals surface area contributed by atoms with Crippen LogP contribution in [0.2, 0.25) is 0 Å². The van der Waals surface area contributed by atoms with E-state index < -0.39 is 12.5 Å². The molecule has 8 heteroatoms. The third kappa shape index (κ3) is 4.22. The van der Waals surface area contributed by atoms with Crippen LogP contribution < -0.4 is 14.8 Å². The summed E-state index contributed by atoms with van der Waals surface area (Å²) < 4.78 is 38.4. The molecule has 0 saturated carbocycles. The summed E-state index contributed by atoms with van der Waals surface area (Å²) in [6, 6.07) is 9.19. The van der Waals surface area contributed by atoms with E-state index in [-0.39, 0.29) is 11.6 Å². The first kappa shape index (κ1) is 20.7. The Balaban J connectivity index is 2.00. The molecule has 2 aromatic carbocycles. The predicted molar refractivity (Wildman–Crippen MR) is 107 cm³/mol. The number of aliphatic hydroxyl groups is 1. The molecule has 154 valence electrons. The van der Waals surface area contributed by atoms with Crippen molar-refractivity contribution in [3.8, 4) is 11.5 Å². The molecule has 0 aliphatic heterocycles. The number of anilines is 1. The zero-order valence-electron chi connectivity index (χ0n) is 16.7. The Morgan fingerprint density at radius 1 is 1.10 bits per heavy atom. The minimum absolute atomic E-state index is 0.235. The van der Waals surface area contributed by atoms with Gasteiger partial charge in [-0.2, -0.15) is 8.78 Å². The fourth-order valence-corrected chi connectivity index (χ4v) is 3.10. The molecule has 3 aromatic rings. The smallest absolute Gasteiger partial charge is 0.295 e. The molecule has 0 saturated heterocycles. The third-order valence-corrected chi connectivity index (χ3v) is 4.67. The molecule has 0 aliphatic carbocycles. The number of hydrogen-bond donors (Lipinski definition) is 2. The molecule has 29 heavy (non-hydrogen) atoms. The van der Waals surface area contributed by atoms with E-state index in [1.165, 1.54) is 12.1 Å². The van der Waals surface area contributed by atoms with Gasteiger partial charge in [-0.1, -0.05) is 18.2 Å². The van der Waals surface area contributed by atoms with Crippen LogP contribution in [0.3, 0.4) is 0 Å². The van der Waals surface area contributed by atoms with Gasteiger partial charge in [0, 0.05) is 23.1 Å². The van der Waals surface area contributed by atoms with Crippen molar-refractivity contribution in [2.75, 3.05) is 26.1 Å². The summed E-state index contributed by atoms with van der Waals surface area (Å²) in [5, 5.41) is 12.9. The number of hydrogen-bond acceptors (Lipinski definition) is 6. The fourth-order valence-electron chi connectivity index (χ4n) is 3.10. The van der Waals surface area contributed by atoms with Gasteiger partial charge in [0.1, 0.15) is 18.2 Å². The lowest BCUT2D eigenvalue weighted by molar-refractivity contribution is -0.0556. The fraction of sp³-hybridized carbons (Fsp3) is 0.333. The molecule has 1 heterocycles. The largest absolute Gasteiger partial charge is 0.493 e. The van der Waals surface area contributed by atoms with Crippen molar-refractivity contribution < 1.29 is 23.4 Å². The zero-order valence-corrected chi connectivity index (χ0v) is 16.7. The van der Waals surface area contributed by atoms with Gasteiger partial charge in [-0.25, -0.2) is 9.97 Å². The second-order valence-corrected chi connectivity index (χ2v) is 6.70. The van der Waals surface area contributed by atoms with Crippen molar-refractivity contribution in [1.29, 1.82) is 0 Å². The molecule has 1 aromatic heterocycles. The molecular formula is C21H23F2N3O3. The highest BCUT2D eigenvalue weighted by Gasteiger charge is 2.30. The van der Waals surface area contributed by atoms with Crippen molar-refractivity contribution in [3.63, 3.8) is 0 Å². The number of aliphatic hydroxyl groups excluding tert-OH is 1. The van der Waals surface area contributed by atoms with Crippen LogP contribution in [0.15, 0.2) is 36.4 Å².